The van der Waals surface area contributed by atoms with Crippen LogP contribution in [0.3, 0.4) is 0 Å². The van der Waals surface area contributed by atoms with Crippen LogP contribution in [0.4, 0.5) is 4.39 Å². The maximum Gasteiger partial charge on any atom is 0.142 e. The quantitative estimate of drug-likeness (QED) is 0.829. The molecular formula is C11H13ClFNO. The van der Waals surface area contributed by atoms with Crippen LogP contribution in [0.5, 0.6) is 0 Å². The van der Waals surface area contributed by atoms with Crippen LogP contribution < -0.4 is 5.73 Å². The Bertz CT molecular complexity index is 385. The van der Waals surface area contributed by atoms with Crippen LogP contribution in [0.25, 0.3) is 0 Å². The highest BCUT2D eigenvalue weighted by Crippen LogP contribution is 2.53. The molecule has 1 aromatic rings. The normalized spacial score (nSPS) is 29.2. The molecule has 0 heterocycles. The number of rotatable bonds is 3. The SMILES string of the molecule is NCC1(c2ccc(Cl)c(F)c2)C[C@@H]1CO. The van der Waals surface area contributed by atoms with E-state index in [0.29, 0.717) is 6.54 Å². The van der Waals surface area contributed by atoms with Crippen molar-refractivity contribution in [1.82, 2.24) is 0 Å². The maximum absolute atomic E-state index is 13.3. The first kappa shape index (κ1) is 10.9. The van der Waals surface area contributed by atoms with Gasteiger partial charge >= 0.3 is 0 Å². The Morgan fingerprint density at radius 3 is 2.80 bits per heavy atom. The molecule has 0 amide bonds. The minimum absolute atomic E-state index is 0.0987. The average Bonchev–Trinajstić information content (AvgIpc) is 2.97. The molecule has 0 saturated heterocycles. The third kappa shape index (κ3) is 1.65. The summed E-state index contributed by atoms with van der Waals surface area (Å²) in [5, 5.41) is 9.20. The molecule has 0 radical (unpaired) electrons. The van der Waals surface area contributed by atoms with E-state index >= 15 is 0 Å². The molecule has 1 saturated carbocycles. The molecule has 0 aliphatic heterocycles. The molecule has 0 spiro atoms. The molecular weight excluding hydrogens is 217 g/mol. The Morgan fingerprint density at radius 2 is 2.33 bits per heavy atom. The van der Waals surface area contributed by atoms with Crippen molar-refractivity contribution in [2.24, 2.45) is 11.7 Å². The second-order valence-electron chi connectivity index (χ2n) is 4.07. The molecule has 1 fully saturated rings. The number of aliphatic hydroxyl groups excluding tert-OH is 1. The lowest BCUT2D eigenvalue weighted by Gasteiger charge is -2.15. The van der Waals surface area contributed by atoms with Gasteiger partial charge in [0.2, 0.25) is 0 Å². The molecule has 15 heavy (non-hydrogen) atoms. The number of benzene rings is 1. The lowest BCUT2D eigenvalue weighted by molar-refractivity contribution is 0.264. The minimum atomic E-state index is -0.425. The number of hydrogen-bond acceptors (Lipinski definition) is 2. The summed E-state index contributed by atoms with van der Waals surface area (Å²) >= 11 is 5.61. The van der Waals surface area contributed by atoms with E-state index in [2.05, 4.69) is 0 Å². The molecule has 3 N–H and O–H groups in total. The van der Waals surface area contributed by atoms with Crippen molar-refractivity contribution < 1.29 is 9.50 Å². The molecule has 0 aromatic heterocycles. The Hall–Kier alpha value is -0.640. The van der Waals surface area contributed by atoms with E-state index < -0.39 is 5.82 Å². The number of hydrogen-bond donors (Lipinski definition) is 2. The third-order valence-electron chi connectivity index (χ3n) is 3.31. The van der Waals surface area contributed by atoms with E-state index in [1.165, 1.54) is 12.1 Å². The average molecular weight is 230 g/mol. The molecule has 2 rings (SSSR count). The summed E-state index contributed by atoms with van der Waals surface area (Å²) in [5.74, 6) is -0.270. The molecule has 82 valence electrons. The number of nitrogens with two attached hydrogens (primary N) is 1. The Labute approximate surface area is 92.9 Å². The van der Waals surface area contributed by atoms with E-state index in [-0.39, 0.29) is 23.0 Å². The van der Waals surface area contributed by atoms with Gasteiger partial charge in [-0.15, -0.1) is 0 Å². The molecule has 1 aliphatic rings. The first-order chi connectivity index (χ1) is 7.14. The third-order valence-corrected chi connectivity index (χ3v) is 3.62. The van der Waals surface area contributed by atoms with Crippen LogP contribution >= 0.6 is 11.6 Å². The Morgan fingerprint density at radius 1 is 1.60 bits per heavy atom. The van der Waals surface area contributed by atoms with Gasteiger partial charge in [0.15, 0.2) is 0 Å². The second-order valence-corrected chi connectivity index (χ2v) is 4.48. The van der Waals surface area contributed by atoms with Crippen LogP contribution in [0, 0.1) is 11.7 Å². The smallest absolute Gasteiger partial charge is 0.142 e. The van der Waals surface area contributed by atoms with Gasteiger partial charge in [-0.05, 0) is 30.0 Å². The van der Waals surface area contributed by atoms with E-state index in [0.717, 1.165) is 12.0 Å². The molecule has 1 aliphatic carbocycles. The highest BCUT2D eigenvalue weighted by Gasteiger charge is 2.53. The maximum atomic E-state index is 13.3. The Kier molecular flexibility index (Phi) is 2.71. The minimum Gasteiger partial charge on any atom is -0.396 e. The van der Waals surface area contributed by atoms with Gasteiger partial charge in [-0.1, -0.05) is 17.7 Å². The zero-order valence-electron chi connectivity index (χ0n) is 8.21. The van der Waals surface area contributed by atoms with E-state index in [1.807, 2.05) is 0 Å². The molecule has 2 atom stereocenters. The predicted octanol–water partition coefficient (Wildman–Crippen LogP) is 1.69. The molecule has 0 bridgehead atoms. The Balaban J connectivity index is 2.33. The zero-order chi connectivity index (χ0) is 11.1. The van der Waals surface area contributed by atoms with Gasteiger partial charge in [-0.25, -0.2) is 4.39 Å². The van der Waals surface area contributed by atoms with Crippen LogP contribution in [0.2, 0.25) is 5.02 Å². The molecule has 1 unspecified atom stereocenters. The first-order valence-corrected chi connectivity index (χ1v) is 5.28. The fourth-order valence-electron chi connectivity index (χ4n) is 2.15. The van der Waals surface area contributed by atoms with Gasteiger partial charge in [-0.2, -0.15) is 0 Å². The highest BCUT2D eigenvalue weighted by atomic mass is 35.5. The fourth-order valence-corrected chi connectivity index (χ4v) is 2.26. The van der Waals surface area contributed by atoms with Gasteiger partial charge in [0, 0.05) is 18.6 Å². The summed E-state index contributed by atoms with van der Waals surface area (Å²) in [7, 11) is 0. The summed E-state index contributed by atoms with van der Waals surface area (Å²) in [5.41, 5.74) is 6.29. The highest BCUT2D eigenvalue weighted by molar-refractivity contribution is 6.30. The van der Waals surface area contributed by atoms with Crippen molar-refractivity contribution in [1.29, 1.82) is 0 Å². The summed E-state index contributed by atoms with van der Waals surface area (Å²) in [4.78, 5) is 0. The monoisotopic (exact) mass is 229 g/mol. The summed E-state index contributed by atoms with van der Waals surface area (Å²) in [6.07, 6.45) is 0.821. The van der Waals surface area contributed by atoms with Crippen molar-refractivity contribution in [2.75, 3.05) is 13.2 Å². The van der Waals surface area contributed by atoms with Crippen molar-refractivity contribution >= 4 is 11.6 Å². The lowest BCUT2D eigenvalue weighted by Crippen LogP contribution is -2.23. The van der Waals surface area contributed by atoms with E-state index in [4.69, 9.17) is 22.4 Å². The largest absolute Gasteiger partial charge is 0.396 e. The van der Waals surface area contributed by atoms with Crippen molar-refractivity contribution in [3.05, 3.63) is 34.6 Å². The number of aliphatic hydroxyl groups is 1. The topological polar surface area (TPSA) is 46.2 Å². The first-order valence-electron chi connectivity index (χ1n) is 4.90. The molecule has 2 nitrogen and oxygen atoms in total. The van der Waals surface area contributed by atoms with Crippen molar-refractivity contribution in [3.8, 4) is 0 Å². The van der Waals surface area contributed by atoms with Gasteiger partial charge in [-0.3, -0.25) is 0 Å². The summed E-state index contributed by atoms with van der Waals surface area (Å²) in [6.45, 7) is 0.529. The summed E-state index contributed by atoms with van der Waals surface area (Å²) in [6, 6.07) is 4.75. The van der Waals surface area contributed by atoms with Crippen LogP contribution in [0.1, 0.15) is 12.0 Å². The fraction of sp³-hybridized carbons (Fsp3) is 0.455. The van der Waals surface area contributed by atoms with Gasteiger partial charge < -0.3 is 10.8 Å². The summed E-state index contributed by atoms with van der Waals surface area (Å²) < 4.78 is 13.3. The zero-order valence-corrected chi connectivity index (χ0v) is 8.97. The van der Waals surface area contributed by atoms with Crippen molar-refractivity contribution in [2.45, 2.75) is 11.8 Å². The van der Waals surface area contributed by atoms with Crippen LogP contribution in [-0.2, 0) is 5.41 Å². The van der Waals surface area contributed by atoms with E-state index in [1.54, 1.807) is 6.07 Å². The van der Waals surface area contributed by atoms with E-state index in [9.17, 15) is 4.39 Å². The predicted molar refractivity (Wildman–Crippen MR) is 57.3 cm³/mol. The van der Waals surface area contributed by atoms with Gasteiger partial charge in [0.25, 0.3) is 0 Å². The second kappa shape index (κ2) is 3.74. The van der Waals surface area contributed by atoms with Gasteiger partial charge in [0.1, 0.15) is 5.82 Å². The van der Waals surface area contributed by atoms with Gasteiger partial charge in [0.05, 0.1) is 5.02 Å². The van der Waals surface area contributed by atoms with Crippen LogP contribution in [-0.4, -0.2) is 18.3 Å². The lowest BCUT2D eigenvalue weighted by atomic mass is 9.93. The molecule has 1 aromatic carbocycles. The standard InChI is InChI=1S/C11H13ClFNO/c12-9-2-1-7(3-10(9)13)11(6-14)4-8(11)5-15/h1-3,8,15H,4-6,14H2/t8-,11?/m1/s1. The van der Waals surface area contributed by atoms with Crippen molar-refractivity contribution in [3.63, 3.8) is 0 Å². The van der Waals surface area contributed by atoms with Crippen LogP contribution in [0.15, 0.2) is 18.2 Å². The number of halogens is 2. The molecule has 4 heteroatoms.